The number of unbranched alkanes of at least 4 members (excludes halogenated alkanes) is 1. The van der Waals surface area contributed by atoms with Gasteiger partial charge >= 0.3 is 0 Å². The molecule has 0 saturated carbocycles. The maximum absolute atomic E-state index is 13.1. The topological polar surface area (TPSA) is 43.9 Å². The minimum Gasteiger partial charge on any atom is -0.343 e. The second-order valence-corrected chi connectivity index (χ2v) is 11.8. The van der Waals surface area contributed by atoms with Gasteiger partial charge in [-0.1, -0.05) is 67.1 Å². The highest BCUT2D eigenvalue weighted by atomic mass is 16.2. The van der Waals surface area contributed by atoms with Gasteiger partial charge in [0.05, 0.1) is 0 Å². The van der Waals surface area contributed by atoms with E-state index in [1.165, 1.54) is 11.1 Å². The first-order valence-corrected chi connectivity index (χ1v) is 14.2. The summed E-state index contributed by atoms with van der Waals surface area (Å²) in [6.45, 7) is 11.7. The van der Waals surface area contributed by atoms with Crippen molar-refractivity contribution in [3.8, 4) is 0 Å². The van der Waals surface area contributed by atoms with E-state index in [0.717, 1.165) is 58.3 Å². The maximum atomic E-state index is 13.1. The molecular weight excluding hydrogens is 458 g/mol. The lowest BCUT2D eigenvalue weighted by Crippen LogP contribution is -2.56. The number of piperazine rings is 1. The predicted molar refractivity (Wildman–Crippen MR) is 150 cm³/mol. The Kier molecular flexibility index (Phi) is 9.42. The number of likely N-dealkylation sites (tertiary alicyclic amines) is 1. The number of nitrogens with zero attached hydrogens (tertiary/aromatic N) is 3. The lowest BCUT2D eigenvalue weighted by Gasteiger charge is -2.43. The molecule has 2 aliphatic heterocycles. The summed E-state index contributed by atoms with van der Waals surface area (Å²) < 4.78 is 0. The van der Waals surface area contributed by atoms with E-state index < -0.39 is 0 Å². The van der Waals surface area contributed by atoms with Crippen molar-refractivity contribution < 1.29 is 9.59 Å². The van der Waals surface area contributed by atoms with E-state index in [0.29, 0.717) is 31.3 Å². The van der Waals surface area contributed by atoms with E-state index in [-0.39, 0.29) is 17.4 Å². The fourth-order valence-corrected chi connectivity index (χ4v) is 5.91. The van der Waals surface area contributed by atoms with Crippen LogP contribution in [-0.4, -0.2) is 71.3 Å². The van der Waals surface area contributed by atoms with Crippen molar-refractivity contribution in [3.63, 3.8) is 0 Å². The summed E-state index contributed by atoms with van der Waals surface area (Å²) in [5.41, 5.74) is 2.84. The Labute approximate surface area is 223 Å². The van der Waals surface area contributed by atoms with Gasteiger partial charge in [-0.05, 0) is 57.6 Å². The molecule has 0 radical (unpaired) electrons. The van der Waals surface area contributed by atoms with Gasteiger partial charge in [0.2, 0.25) is 11.8 Å². The molecule has 4 rings (SSSR count). The summed E-state index contributed by atoms with van der Waals surface area (Å²) in [5.74, 6) is 0.987. The second kappa shape index (κ2) is 12.7. The number of hydrogen-bond donors (Lipinski definition) is 0. The van der Waals surface area contributed by atoms with E-state index >= 15 is 0 Å². The lowest BCUT2D eigenvalue weighted by molar-refractivity contribution is -0.142. The van der Waals surface area contributed by atoms with Crippen LogP contribution >= 0.6 is 0 Å². The molecule has 0 aromatic heterocycles. The molecule has 200 valence electrons. The van der Waals surface area contributed by atoms with Crippen molar-refractivity contribution >= 4 is 11.8 Å². The summed E-state index contributed by atoms with van der Waals surface area (Å²) in [4.78, 5) is 32.5. The fraction of sp³-hybridized carbons (Fsp3) is 0.562. The molecule has 0 aliphatic carbocycles. The van der Waals surface area contributed by atoms with E-state index in [4.69, 9.17) is 0 Å². The average Bonchev–Trinajstić information content (AvgIpc) is 2.93. The zero-order chi connectivity index (χ0) is 26.3. The third kappa shape index (κ3) is 7.44. The summed E-state index contributed by atoms with van der Waals surface area (Å²) in [6, 6.07) is 21.4. The molecule has 37 heavy (non-hydrogen) atoms. The Balaban J connectivity index is 1.19. The number of benzene rings is 2. The second-order valence-electron chi connectivity index (χ2n) is 11.8. The minimum absolute atomic E-state index is 0.0720. The molecule has 2 aromatic carbocycles. The SMILES string of the molecule is CC(C)(C)N1CCN(C(=O)C2CCN(C(=O)CCCCC(c3ccccc3)c3ccccc3)CC2)CC1. The first-order valence-electron chi connectivity index (χ1n) is 14.2. The van der Waals surface area contributed by atoms with Gasteiger partial charge in [0, 0.05) is 63.1 Å². The van der Waals surface area contributed by atoms with Gasteiger partial charge in [0.1, 0.15) is 0 Å². The van der Waals surface area contributed by atoms with Gasteiger partial charge in [-0.2, -0.15) is 0 Å². The third-order valence-corrected chi connectivity index (χ3v) is 8.27. The molecule has 2 heterocycles. The molecule has 0 unspecified atom stereocenters. The highest BCUT2D eigenvalue weighted by molar-refractivity contribution is 5.80. The number of rotatable bonds is 8. The van der Waals surface area contributed by atoms with Crippen LogP contribution in [0.5, 0.6) is 0 Å². The van der Waals surface area contributed by atoms with E-state index in [1.54, 1.807) is 0 Å². The van der Waals surface area contributed by atoms with Crippen molar-refractivity contribution in [2.45, 2.75) is 70.8 Å². The minimum atomic E-state index is 0.0720. The van der Waals surface area contributed by atoms with Crippen LogP contribution in [-0.2, 0) is 9.59 Å². The average molecular weight is 504 g/mol. The molecule has 0 spiro atoms. The molecule has 2 aliphatic rings. The molecule has 5 nitrogen and oxygen atoms in total. The predicted octanol–water partition coefficient (Wildman–Crippen LogP) is 5.56. The van der Waals surface area contributed by atoms with E-state index in [2.05, 4.69) is 91.2 Å². The number of amides is 2. The molecular formula is C32H45N3O2. The van der Waals surface area contributed by atoms with Gasteiger partial charge in [0.15, 0.2) is 0 Å². The summed E-state index contributed by atoms with van der Waals surface area (Å²) in [6.07, 6.45) is 5.17. The first kappa shape index (κ1) is 27.4. The molecule has 2 fully saturated rings. The normalized spacial score (nSPS) is 17.8. The van der Waals surface area contributed by atoms with Crippen molar-refractivity contribution in [1.29, 1.82) is 0 Å². The standard InChI is InChI=1S/C32H45N3O2/c1-32(2,3)35-24-22-34(23-25-35)31(37)28-18-20-33(21-19-28)30(36)17-11-10-16-29(26-12-6-4-7-13-26)27-14-8-5-9-15-27/h4-9,12-15,28-29H,10-11,16-25H2,1-3H3. The molecule has 0 atom stereocenters. The largest absolute Gasteiger partial charge is 0.343 e. The molecule has 2 aromatic rings. The zero-order valence-corrected chi connectivity index (χ0v) is 23.1. The van der Waals surface area contributed by atoms with Gasteiger partial charge in [0.25, 0.3) is 0 Å². The number of carbonyl (C=O) groups excluding carboxylic acids is 2. The van der Waals surface area contributed by atoms with Crippen molar-refractivity contribution in [2.24, 2.45) is 5.92 Å². The van der Waals surface area contributed by atoms with Crippen LogP contribution in [0.25, 0.3) is 0 Å². The first-order chi connectivity index (χ1) is 17.8. The van der Waals surface area contributed by atoms with Crippen LogP contribution in [0.2, 0.25) is 0 Å². The molecule has 2 saturated heterocycles. The Morgan fingerprint density at radius 2 is 1.30 bits per heavy atom. The Hall–Kier alpha value is -2.66. The van der Waals surface area contributed by atoms with Gasteiger partial charge in [-0.3, -0.25) is 14.5 Å². The zero-order valence-electron chi connectivity index (χ0n) is 23.1. The summed E-state index contributed by atoms with van der Waals surface area (Å²) in [5, 5.41) is 0. The van der Waals surface area contributed by atoms with Crippen LogP contribution in [0.1, 0.15) is 76.3 Å². The van der Waals surface area contributed by atoms with E-state index in [1.807, 2.05) is 4.90 Å². The Morgan fingerprint density at radius 3 is 1.81 bits per heavy atom. The van der Waals surface area contributed by atoms with E-state index in [9.17, 15) is 9.59 Å². The van der Waals surface area contributed by atoms with Gasteiger partial charge in [-0.25, -0.2) is 0 Å². The lowest BCUT2D eigenvalue weighted by atomic mass is 9.87. The number of hydrogen-bond acceptors (Lipinski definition) is 3. The van der Waals surface area contributed by atoms with Crippen LogP contribution in [0, 0.1) is 5.92 Å². The highest BCUT2D eigenvalue weighted by Gasteiger charge is 2.33. The number of piperidine rings is 1. The van der Waals surface area contributed by atoms with Crippen LogP contribution in [0.15, 0.2) is 60.7 Å². The third-order valence-electron chi connectivity index (χ3n) is 8.27. The smallest absolute Gasteiger partial charge is 0.225 e. The molecule has 5 heteroatoms. The highest BCUT2D eigenvalue weighted by Crippen LogP contribution is 2.30. The molecule has 0 bridgehead atoms. The van der Waals surface area contributed by atoms with Crippen molar-refractivity contribution in [3.05, 3.63) is 71.8 Å². The quantitative estimate of drug-likeness (QED) is 0.443. The van der Waals surface area contributed by atoms with Crippen LogP contribution in [0.4, 0.5) is 0 Å². The van der Waals surface area contributed by atoms with Crippen LogP contribution in [0.3, 0.4) is 0 Å². The maximum Gasteiger partial charge on any atom is 0.225 e. The molecule has 2 amide bonds. The summed E-state index contributed by atoms with van der Waals surface area (Å²) >= 11 is 0. The van der Waals surface area contributed by atoms with Gasteiger partial charge in [-0.15, -0.1) is 0 Å². The van der Waals surface area contributed by atoms with Gasteiger partial charge < -0.3 is 9.80 Å². The Morgan fingerprint density at radius 1 is 0.757 bits per heavy atom. The van der Waals surface area contributed by atoms with Crippen LogP contribution < -0.4 is 0 Å². The molecule has 0 N–H and O–H groups in total. The van der Waals surface area contributed by atoms with Crippen molar-refractivity contribution in [1.82, 2.24) is 14.7 Å². The monoisotopic (exact) mass is 503 g/mol. The number of carbonyl (C=O) groups is 2. The fourth-order valence-electron chi connectivity index (χ4n) is 5.91. The summed E-state index contributed by atoms with van der Waals surface area (Å²) in [7, 11) is 0. The van der Waals surface area contributed by atoms with Crippen molar-refractivity contribution in [2.75, 3.05) is 39.3 Å². The Bertz CT molecular complexity index is 946.